The molecule has 1 aliphatic heterocycles. The van der Waals surface area contributed by atoms with Crippen LogP contribution in [-0.4, -0.2) is 26.1 Å². The van der Waals surface area contributed by atoms with Crippen molar-refractivity contribution in [1.29, 1.82) is 0 Å². The van der Waals surface area contributed by atoms with Gasteiger partial charge < -0.3 is 19.6 Å². The lowest BCUT2D eigenvalue weighted by Crippen LogP contribution is -2.26. The first-order valence-corrected chi connectivity index (χ1v) is 8.39. The van der Waals surface area contributed by atoms with Crippen LogP contribution in [-0.2, 0) is 16.0 Å². The van der Waals surface area contributed by atoms with Gasteiger partial charge in [0.15, 0.2) is 6.29 Å². The lowest BCUT2D eigenvalue weighted by molar-refractivity contribution is -0.183. The highest BCUT2D eigenvalue weighted by Crippen LogP contribution is 2.14. The van der Waals surface area contributed by atoms with Gasteiger partial charge in [0.25, 0.3) is 0 Å². The van der Waals surface area contributed by atoms with Gasteiger partial charge in [0, 0.05) is 18.7 Å². The minimum atomic E-state index is -0.119. The summed E-state index contributed by atoms with van der Waals surface area (Å²) in [6.07, 6.45) is 1.61. The Hall–Kier alpha value is -2.08. The standard InChI is InChI=1S/C19H24N2O3/c1-2-5-17(6-3-1)21-20-15-16-7-9-18(10-8-16)22-14-11-19-23-12-4-13-24-19/h1-3,5-10,19-21H,4,11-15H2. The SMILES string of the molecule is c1ccc(NNCc2ccc(OCCC3OCCCO3)cc2)cc1. The normalized spacial score (nSPS) is 15.2. The zero-order chi connectivity index (χ0) is 16.5. The van der Waals surface area contributed by atoms with E-state index in [4.69, 9.17) is 14.2 Å². The molecule has 1 aliphatic rings. The van der Waals surface area contributed by atoms with E-state index in [2.05, 4.69) is 23.0 Å². The molecule has 1 saturated heterocycles. The van der Waals surface area contributed by atoms with Crippen molar-refractivity contribution in [3.63, 3.8) is 0 Å². The molecule has 0 saturated carbocycles. The molecule has 128 valence electrons. The smallest absolute Gasteiger partial charge is 0.160 e. The Kier molecular flexibility index (Phi) is 6.48. The number of rotatable bonds is 8. The minimum absolute atomic E-state index is 0.119. The molecule has 1 heterocycles. The second-order valence-electron chi connectivity index (χ2n) is 5.65. The Labute approximate surface area is 142 Å². The third kappa shape index (κ3) is 5.53. The van der Waals surface area contributed by atoms with Crippen LogP contribution in [0.2, 0.25) is 0 Å². The van der Waals surface area contributed by atoms with Gasteiger partial charge in [0.2, 0.25) is 0 Å². The van der Waals surface area contributed by atoms with Crippen molar-refractivity contribution in [2.24, 2.45) is 0 Å². The molecule has 0 spiro atoms. The first kappa shape index (κ1) is 16.8. The van der Waals surface area contributed by atoms with Crippen molar-refractivity contribution in [2.75, 3.05) is 25.2 Å². The topological polar surface area (TPSA) is 51.8 Å². The number of ether oxygens (including phenoxy) is 3. The number of anilines is 1. The Morgan fingerprint density at radius 2 is 1.71 bits per heavy atom. The molecule has 5 heteroatoms. The van der Waals surface area contributed by atoms with Crippen molar-refractivity contribution in [3.05, 3.63) is 60.2 Å². The van der Waals surface area contributed by atoms with Crippen LogP contribution in [0, 0.1) is 0 Å². The fourth-order valence-electron chi connectivity index (χ4n) is 2.45. The van der Waals surface area contributed by atoms with Gasteiger partial charge in [0.05, 0.1) is 19.8 Å². The first-order valence-electron chi connectivity index (χ1n) is 8.39. The summed E-state index contributed by atoms with van der Waals surface area (Å²) in [5.74, 6) is 0.866. The number of hydrogen-bond donors (Lipinski definition) is 2. The molecule has 0 atom stereocenters. The lowest BCUT2D eigenvalue weighted by Gasteiger charge is -2.23. The number of hydrogen-bond acceptors (Lipinski definition) is 5. The number of benzene rings is 2. The van der Waals surface area contributed by atoms with E-state index >= 15 is 0 Å². The molecule has 0 aromatic heterocycles. The molecular weight excluding hydrogens is 304 g/mol. The average Bonchev–Trinajstić information content (AvgIpc) is 2.65. The van der Waals surface area contributed by atoms with E-state index in [1.807, 2.05) is 42.5 Å². The van der Waals surface area contributed by atoms with Crippen LogP contribution < -0.4 is 15.6 Å². The molecule has 2 N–H and O–H groups in total. The Morgan fingerprint density at radius 3 is 2.46 bits per heavy atom. The highest BCUT2D eigenvalue weighted by Gasteiger charge is 2.13. The summed E-state index contributed by atoms with van der Waals surface area (Å²) < 4.78 is 16.7. The van der Waals surface area contributed by atoms with Crippen LogP contribution in [0.1, 0.15) is 18.4 Å². The van der Waals surface area contributed by atoms with Crippen molar-refractivity contribution >= 4 is 5.69 Å². The maximum Gasteiger partial charge on any atom is 0.160 e. The van der Waals surface area contributed by atoms with Crippen molar-refractivity contribution in [2.45, 2.75) is 25.7 Å². The van der Waals surface area contributed by atoms with E-state index in [1.54, 1.807) is 0 Å². The summed E-state index contributed by atoms with van der Waals surface area (Å²) in [5, 5.41) is 0. The van der Waals surface area contributed by atoms with Crippen LogP contribution in [0.4, 0.5) is 5.69 Å². The largest absolute Gasteiger partial charge is 0.493 e. The molecule has 2 aromatic rings. The zero-order valence-electron chi connectivity index (χ0n) is 13.7. The molecule has 1 fully saturated rings. The van der Waals surface area contributed by atoms with Crippen molar-refractivity contribution in [1.82, 2.24) is 5.43 Å². The maximum atomic E-state index is 5.74. The Morgan fingerprint density at radius 1 is 0.958 bits per heavy atom. The molecule has 0 aliphatic carbocycles. The summed E-state index contributed by atoms with van der Waals surface area (Å²) in [5.41, 5.74) is 8.60. The fraction of sp³-hybridized carbons (Fsp3) is 0.368. The summed E-state index contributed by atoms with van der Waals surface area (Å²) in [4.78, 5) is 0. The molecule has 0 amide bonds. The highest BCUT2D eigenvalue weighted by atomic mass is 16.7. The van der Waals surface area contributed by atoms with E-state index in [0.29, 0.717) is 6.61 Å². The van der Waals surface area contributed by atoms with Crippen LogP contribution in [0.25, 0.3) is 0 Å². The Bertz CT molecular complexity index is 583. The van der Waals surface area contributed by atoms with E-state index < -0.39 is 0 Å². The van der Waals surface area contributed by atoms with E-state index in [-0.39, 0.29) is 6.29 Å². The van der Waals surface area contributed by atoms with E-state index in [1.165, 1.54) is 5.56 Å². The molecule has 24 heavy (non-hydrogen) atoms. The van der Waals surface area contributed by atoms with E-state index in [0.717, 1.165) is 44.0 Å². The van der Waals surface area contributed by atoms with Gasteiger partial charge in [-0.1, -0.05) is 30.3 Å². The molecule has 2 aromatic carbocycles. The lowest BCUT2D eigenvalue weighted by atomic mass is 10.2. The predicted octanol–water partition coefficient (Wildman–Crippen LogP) is 3.34. The second kappa shape index (κ2) is 9.27. The maximum absolute atomic E-state index is 5.74. The Balaban J connectivity index is 1.35. The summed E-state index contributed by atoms with van der Waals surface area (Å²) in [6.45, 7) is 2.89. The zero-order valence-corrected chi connectivity index (χ0v) is 13.7. The fourth-order valence-corrected chi connectivity index (χ4v) is 2.45. The van der Waals surface area contributed by atoms with Gasteiger partial charge in [-0.2, -0.15) is 0 Å². The van der Waals surface area contributed by atoms with Gasteiger partial charge in [-0.3, -0.25) is 0 Å². The molecular formula is C19H24N2O3. The average molecular weight is 328 g/mol. The van der Waals surface area contributed by atoms with Crippen molar-refractivity contribution < 1.29 is 14.2 Å². The van der Waals surface area contributed by atoms with Gasteiger partial charge >= 0.3 is 0 Å². The van der Waals surface area contributed by atoms with Crippen LogP contribution in [0.5, 0.6) is 5.75 Å². The quantitative estimate of drug-likeness (QED) is 0.728. The monoisotopic (exact) mass is 328 g/mol. The van der Waals surface area contributed by atoms with E-state index in [9.17, 15) is 0 Å². The summed E-state index contributed by atoms with van der Waals surface area (Å²) >= 11 is 0. The van der Waals surface area contributed by atoms with Crippen LogP contribution in [0.3, 0.4) is 0 Å². The minimum Gasteiger partial charge on any atom is -0.493 e. The molecule has 5 nitrogen and oxygen atoms in total. The molecule has 3 rings (SSSR count). The highest BCUT2D eigenvalue weighted by molar-refractivity contribution is 5.41. The number of nitrogens with one attached hydrogen (secondary N) is 2. The van der Waals surface area contributed by atoms with Gasteiger partial charge in [-0.05, 0) is 36.2 Å². The van der Waals surface area contributed by atoms with Crippen LogP contribution >= 0.6 is 0 Å². The molecule has 0 unspecified atom stereocenters. The second-order valence-corrected chi connectivity index (χ2v) is 5.65. The van der Waals surface area contributed by atoms with Crippen molar-refractivity contribution in [3.8, 4) is 5.75 Å². The van der Waals surface area contributed by atoms with Gasteiger partial charge in [-0.15, -0.1) is 0 Å². The molecule has 0 bridgehead atoms. The molecule has 0 radical (unpaired) electrons. The van der Waals surface area contributed by atoms with Gasteiger partial charge in [-0.25, -0.2) is 5.43 Å². The number of para-hydroxylation sites is 1. The first-order chi connectivity index (χ1) is 11.9. The third-order valence-electron chi connectivity index (χ3n) is 3.74. The number of hydrazine groups is 1. The predicted molar refractivity (Wildman–Crippen MR) is 93.8 cm³/mol. The van der Waals surface area contributed by atoms with Gasteiger partial charge in [0.1, 0.15) is 5.75 Å². The summed E-state index contributed by atoms with van der Waals surface area (Å²) in [6, 6.07) is 18.1. The summed E-state index contributed by atoms with van der Waals surface area (Å²) in [7, 11) is 0. The van der Waals surface area contributed by atoms with Crippen LogP contribution in [0.15, 0.2) is 54.6 Å². The third-order valence-corrected chi connectivity index (χ3v) is 3.74.